The lowest BCUT2D eigenvalue weighted by Crippen LogP contribution is -2.35. The van der Waals surface area contributed by atoms with Gasteiger partial charge in [0, 0.05) is 18.9 Å². The fourth-order valence-electron chi connectivity index (χ4n) is 1.82. The third-order valence-electron chi connectivity index (χ3n) is 2.84. The summed E-state index contributed by atoms with van der Waals surface area (Å²) >= 11 is 0. The SMILES string of the molecule is CON(C)C(=O)C1CCB(C#N)CC1. The second-order valence-electron chi connectivity index (χ2n) is 3.70. The molecule has 1 rings (SSSR count). The average Bonchev–Trinajstić information content (AvgIpc) is 2.27. The summed E-state index contributed by atoms with van der Waals surface area (Å²) in [5.74, 6) is 2.33. The first-order valence-corrected chi connectivity index (χ1v) is 4.90. The summed E-state index contributed by atoms with van der Waals surface area (Å²) in [4.78, 5) is 16.5. The van der Waals surface area contributed by atoms with Gasteiger partial charge < -0.3 is 0 Å². The average molecular weight is 194 g/mol. The molecule has 0 N–H and O–H groups in total. The Bertz CT molecular complexity index is 244. The monoisotopic (exact) mass is 194 g/mol. The minimum atomic E-state index is 0.0314. The number of hydroxylamine groups is 2. The maximum Gasteiger partial charge on any atom is 0.267 e. The van der Waals surface area contributed by atoms with Crippen LogP contribution in [0.15, 0.2) is 0 Å². The van der Waals surface area contributed by atoms with Crippen molar-refractivity contribution in [2.75, 3.05) is 14.2 Å². The second-order valence-corrected chi connectivity index (χ2v) is 3.70. The van der Waals surface area contributed by atoms with E-state index in [0.29, 0.717) is 0 Å². The number of nitrogens with zero attached hydrogens (tertiary/aromatic N) is 2. The summed E-state index contributed by atoms with van der Waals surface area (Å²) in [6, 6.07) is 0. The highest BCUT2D eigenvalue weighted by Gasteiger charge is 2.30. The van der Waals surface area contributed by atoms with Gasteiger partial charge in [-0.1, -0.05) is 12.6 Å². The van der Waals surface area contributed by atoms with Crippen molar-refractivity contribution in [2.24, 2.45) is 5.92 Å². The molecule has 0 saturated carbocycles. The molecule has 1 heterocycles. The van der Waals surface area contributed by atoms with E-state index in [1.165, 1.54) is 12.2 Å². The number of nitriles is 1. The second kappa shape index (κ2) is 5.01. The van der Waals surface area contributed by atoms with Crippen LogP contribution in [0.25, 0.3) is 0 Å². The zero-order valence-electron chi connectivity index (χ0n) is 8.69. The molecular weight excluding hydrogens is 179 g/mol. The van der Waals surface area contributed by atoms with E-state index in [1.54, 1.807) is 7.05 Å². The Balaban J connectivity index is 2.42. The molecule has 1 amide bonds. The zero-order chi connectivity index (χ0) is 10.6. The molecule has 4 nitrogen and oxygen atoms in total. The molecule has 5 heteroatoms. The summed E-state index contributed by atoms with van der Waals surface area (Å²) in [5, 5.41) is 9.98. The predicted molar refractivity (Wildman–Crippen MR) is 53.5 cm³/mol. The van der Waals surface area contributed by atoms with Crippen LogP contribution in [0.4, 0.5) is 0 Å². The molecule has 0 unspecified atom stereocenters. The lowest BCUT2D eigenvalue weighted by molar-refractivity contribution is -0.173. The zero-order valence-corrected chi connectivity index (χ0v) is 8.69. The van der Waals surface area contributed by atoms with E-state index in [0.717, 1.165) is 25.5 Å². The van der Waals surface area contributed by atoms with E-state index in [4.69, 9.17) is 10.1 Å². The highest BCUT2D eigenvalue weighted by atomic mass is 16.7. The van der Waals surface area contributed by atoms with Crippen LogP contribution in [0.2, 0.25) is 12.6 Å². The molecule has 0 aromatic heterocycles. The fraction of sp³-hybridized carbons (Fsp3) is 0.778. The van der Waals surface area contributed by atoms with Gasteiger partial charge in [0.1, 0.15) is 0 Å². The molecule has 0 atom stereocenters. The minimum Gasteiger partial charge on any atom is -0.275 e. The van der Waals surface area contributed by atoms with Crippen LogP contribution in [0, 0.1) is 17.1 Å². The van der Waals surface area contributed by atoms with Gasteiger partial charge in [-0.3, -0.25) is 9.63 Å². The lowest BCUT2D eigenvalue weighted by Gasteiger charge is -2.25. The number of carbonyl (C=O) groups excluding carboxylic acids is 1. The van der Waals surface area contributed by atoms with Crippen molar-refractivity contribution >= 4 is 12.6 Å². The molecule has 1 fully saturated rings. The third-order valence-corrected chi connectivity index (χ3v) is 2.84. The first-order valence-electron chi connectivity index (χ1n) is 4.90. The van der Waals surface area contributed by atoms with Crippen LogP contribution in [-0.4, -0.2) is 31.8 Å². The summed E-state index contributed by atoms with van der Waals surface area (Å²) in [7, 11) is 3.11. The van der Waals surface area contributed by atoms with E-state index in [1.807, 2.05) is 0 Å². The first-order chi connectivity index (χ1) is 6.69. The van der Waals surface area contributed by atoms with Gasteiger partial charge in [0.25, 0.3) is 6.71 Å². The molecule has 14 heavy (non-hydrogen) atoms. The normalized spacial score (nSPS) is 17.6. The lowest BCUT2D eigenvalue weighted by atomic mass is 9.42. The van der Waals surface area contributed by atoms with Gasteiger partial charge in [-0.2, -0.15) is 0 Å². The van der Waals surface area contributed by atoms with Crippen molar-refractivity contribution in [3.8, 4) is 5.97 Å². The predicted octanol–water partition coefficient (Wildman–Crippen LogP) is 0.974. The molecule has 0 aromatic carbocycles. The van der Waals surface area contributed by atoms with Crippen LogP contribution in [0.5, 0.6) is 0 Å². The summed E-state index contributed by atoms with van der Waals surface area (Å²) in [6.07, 6.45) is 3.30. The summed E-state index contributed by atoms with van der Waals surface area (Å²) < 4.78 is 0. The fourth-order valence-corrected chi connectivity index (χ4v) is 1.82. The molecule has 1 aliphatic heterocycles. The largest absolute Gasteiger partial charge is 0.275 e. The highest BCUT2D eigenvalue weighted by molar-refractivity contribution is 6.67. The van der Waals surface area contributed by atoms with Gasteiger partial charge in [0.15, 0.2) is 0 Å². The quantitative estimate of drug-likeness (QED) is 0.486. The maximum absolute atomic E-state index is 11.6. The van der Waals surface area contributed by atoms with Gasteiger partial charge in [0.05, 0.1) is 7.11 Å². The Hall–Kier alpha value is -1.02. The third kappa shape index (κ3) is 2.49. The molecule has 76 valence electrons. The van der Waals surface area contributed by atoms with Crippen molar-refractivity contribution < 1.29 is 9.63 Å². The number of hydrogen-bond acceptors (Lipinski definition) is 3. The van der Waals surface area contributed by atoms with E-state index >= 15 is 0 Å². The van der Waals surface area contributed by atoms with Crippen molar-refractivity contribution in [1.82, 2.24) is 5.06 Å². The number of carbonyl (C=O) groups is 1. The highest BCUT2D eigenvalue weighted by Crippen LogP contribution is 2.26. The van der Waals surface area contributed by atoms with Crippen LogP contribution >= 0.6 is 0 Å². The van der Waals surface area contributed by atoms with Gasteiger partial charge in [-0.15, -0.1) is 0 Å². The van der Waals surface area contributed by atoms with E-state index in [-0.39, 0.29) is 18.5 Å². The molecule has 0 spiro atoms. The molecule has 1 aliphatic rings. The Morgan fingerprint density at radius 3 is 2.57 bits per heavy atom. The Morgan fingerprint density at radius 1 is 1.57 bits per heavy atom. The molecule has 0 radical (unpaired) electrons. The molecule has 0 aromatic rings. The Labute approximate surface area is 84.9 Å². The van der Waals surface area contributed by atoms with Gasteiger partial charge in [-0.25, -0.2) is 10.3 Å². The smallest absolute Gasteiger partial charge is 0.267 e. The topological polar surface area (TPSA) is 53.3 Å². The molecule has 1 saturated heterocycles. The van der Waals surface area contributed by atoms with E-state index in [9.17, 15) is 4.79 Å². The minimum absolute atomic E-state index is 0.0314. The van der Waals surface area contributed by atoms with Crippen molar-refractivity contribution in [3.05, 3.63) is 0 Å². The Kier molecular flexibility index (Phi) is 3.96. The van der Waals surface area contributed by atoms with Crippen LogP contribution in [-0.2, 0) is 9.63 Å². The van der Waals surface area contributed by atoms with E-state index < -0.39 is 0 Å². The van der Waals surface area contributed by atoms with Crippen LogP contribution in [0.1, 0.15) is 12.8 Å². The Morgan fingerprint density at radius 2 is 2.14 bits per heavy atom. The molecular formula is C9H15BN2O2. The maximum atomic E-state index is 11.6. The first kappa shape index (κ1) is 11.1. The number of hydrogen-bond donors (Lipinski definition) is 0. The van der Waals surface area contributed by atoms with Crippen molar-refractivity contribution in [3.63, 3.8) is 0 Å². The summed E-state index contributed by atoms with van der Waals surface area (Å²) in [6.45, 7) is 0.145. The van der Waals surface area contributed by atoms with Crippen LogP contribution in [0.3, 0.4) is 0 Å². The molecule has 0 bridgehead atoms. The number of amides is 1. The van der Waals surface area contributed by atoms with Gasteiger partial charge in [0.2, 0.25) is 5.91 Å². The van der Waals surface area contributed by atoms with Crippen LogP contribution < -0.4 is 0 Å². The number of rotatable bonds is 2. The van der Waals surface area contributed by atoms with E-state index in [2.05, 4.69) is 5.97 Å². The van der Waals surface area contributed by atoms with Crippen molar-refractivity contribution in [2.45, 2.75) is 25.5 Å². The molecule has 0 aliphatic carbocycles. The van der Waals surface area contributed by atoms with Gasteiger partial charge >= 0.3 is 0 Å². The summed E-state index contributed by atoms with van der Waals surface area (Å²) in [5.41, 5.74) is 0. The van der Waals surface area contributed by atoms with Crippen molar-refractivity contribution in [1.29, 1.82) is 5.26 Å². The standard InChI is InChI=1S/C9H15BN2O2/c1-12(14-2)9(13)8-3-5-10(7-11)6-4-8/h8H,3-6H2,1-2H3. The van der Waals surface area contributed by atoms with Gasteiger partial charge in [-0.05, 0) is 12.8 Å².